The third-order valence-electron chi connectivity index (χ3n) is 4.36. The first-order valence-corrected chi connectivity index (χ1v) is 8.72. The molecule has 0 saturated carbocycles. The van der Waals surface area contributed by atoms with Gasteiger partial charge in [-0.2, -0.15) is 0 Å². The summed E-state index contributed by atoms with van der Waals surface area (Å²) in [6.07, 6.45) is 5.73. The van der Waals surface area contributed by atoms with Crippen LogP contribution in [0.5, 0.6) is 5.75 Å². The van der Waals surface area contributed by atoms with Crippen molar-refractivity contribution in [3.63, 3.8) is 0 Å². The molecule has 0 aliphatic carbocycles. The largest absolute Gasteiger partial charge is 0.496 e. The van der Waals surface area contributed by atoms with E-state index < -0.39 is 0 Å². The Morgan fingerprint density at radius 3 is 2.80 bits per heavy atom. The smallest absolute Gasteiger partial charge is 0.224 e. The summed E-state index contributed by atoms with van der Waals surface area (Å²) in [6.45, 7) is 2.41. The molecule has 2 aromatic rings. The Hall–Kier alpha value is -2.63. The van der Waals surface area contributed by atoms with Crippen LogP contribution in [0.3, 0.4) is 0 Å². The molecule has 1 amide bonds. The highest BCUT2D eigenvalue weighted by molar-refractivity contribution is 5.79. The maximum Gasteiger partial charge on any atom is 0.224 e. The van der Waals surface area contributed by atoms with Crippen LogP contribution in [0.15, 0.2) is 36.5 Å². The number of ether oxygens (including phenoxy) is 1. The third kappa shape index (κ3) is 4.68. The molecular formula is C19H24N4O2. The lowest BCUT2D eigenvalue weighted by molar-refractivity contribution is -0.120. The highest BCUT2D eigenvalue weighted by atomic mass is 16.5. The molecule has 0 radical (unpaired) electrons. The van der Waals surface area contributed by atoms with Gasteiger partial charge < -0.3 is 15.0 Å². The van der Waals surface area contributed by atoms with Crippen molar-refractivity contribution in [2.24, 2.45) is 0 Å². The van der Waals surface area contributed by atoms with Crippen molar-refractivity contribution in [1.29, 1.82) is 0 Å². The Morgan fingerprint density at radius 2 is 2.00 bits per heavy atom. The van der Waals surface area contributed by atoms with E-state index in [1.165, 1.54) is 19.3 Å². The summed E-state index contributed by atoms with van der Waals surface area (Å²) in [7, 11) is 1.61. The summed E-state index contributed by atoms with van der Waals surface area (Å²) >= 11 is 0. The number of nitrogens with zero attached hydrogens (tertiary/aromatic N) is 3. The highest BCUT2D eigenvalue weighted by Crippen LogP contribution is 2.18. The normalized spacial score (nSPS) is 14.2. The Bertz CT molecular complexity index is 714. The van der Waals surface area contributed by atoms with Crippen LogP contribution in [0.4, 0.5) is 5.82 Å². The zero-order chi connectivity index (χ0) is 17.5. The van der Waals surface area contributed by atoms with E-state index in [1.54, 1.807) is 13.3 Å². The average Bonchev–Trinajstić information content (AvgIpc) is 2.68. The standard InChI is InChI=1S/C19H24N4O2/c1-25-16-8-4-3-7-15(16)13-19(24)21-14-17-20-10-9-18(22-17)23-11-5-2-6-12-23/h3-4,7-10H,2,5-6,11-14H2,1H3,(H,21,24). The lowest BCUT2D eigenvalue weighted by atomic mass is 10.1. The Morgan fingerprint density at radius 1 is 1.20 bits per heavy atom. The molecule has 0 unspecified atom stereocenters. The summed E-state index contributed by atoms with van der Waals surface area (Å²) < 4.78 is 5.28. The van der Waals surface area contributed by atoms with Crippen LogP contribution < -0.4 is 15.0 Å². The molecule has 1 fully saturated rings. The predicted octanol–water partition coefficient (Wildman–Crippen LogP) is 2.33. The predicted molar refractivity (Wildman–Crippen MR) is 96.6 cm³/mol. The first-order chi connectivity index (χ1) is 12.3. The molecule has 6 heteroatoms. The molecule has 1 N–H and O–H groups in total. The van der Waals surface area contributed by atoms with E-state index in [4.69, 9.17) is 4.74 Å². The molecule has 2 heterocycles. The minimum Gasteiger partial charge on any atom is -0.496 e. The van der Waals surface area contributed by atoms with Crippen LogP contribution in [-0.4, -0.2) is 36.1 Å². The Kier molecular flexibility index (Phi) is 5.82. The van der Waals surface area contributed by atoms with Crippen molar-refractivity contribution in [3.8, 4) is 5.75 Å². The number of para-hydroxylation sites is 1. The van der Waals surface area contributed by atoms with Gasteiger partial charge in [0, 0.05) is 24.8 Å². The summed E-state index contributed by atoms with van der Waals surface area (Å²) in [5.74, 6) is 2.23. The first-order valence-electron chi connectivity index (χ1n) is 8.72. The third-order valence-corrected chi connectivity index (χ3v) is 4.36. The number of hydrogen-bond donors (Lipinski definition) is 1. The first kappa shape index (κ1) is 17.2. The number of benzene rings is 1. The number of amides is 1. The van der Waals surface area contributed by atoms with Gasteiger partial charge in [-0.1, -0.05) is 18.2 Å². The van der Waals surface area contributed by atoms with Crippen LogP contribution in [0, 0.1) is 0 Å². The maximum atomic E-state index is 12.2. The summed E-state index contributed by atoms with van der Waals surface area (Å²) in [5, 5.41) is 2.89. The van der Waals surface area contributed by atoms with E-state index in [-0.39, 0.29) is 12.3 Å². The minimum absolute atomic E-state index is 0.0727. The number of rotatable bonds is 6. The van der Waals surface area contributed by atoms with Gasteiger partial charge >= 0.3 is 0 Å². The van der Waals surface area contributed by atoms with Gasteiger partial charge in [-0.3, -0.25) is 4.79 Å². The molecule has 1 aromatic heterocycles. The molecule has 0 spiro atoms. The van der Waals surface area contributed by atoms with Crippen LogP contribution >= 0.6 is 0 Å². The zero-order valence-electron chi connectivity index (χ0n) is 14.6. The number of carbonyl (C=O) groups excluding carboxylic acids is 1. The fourth-order valence-electron chi connectivity index (χ4n) is 3.03. The Balaban J connectivity index is 1.57. The number of hydrogen-bond acceptors (Lipinski definition) is 5. The van der Waals surface area contributed by atoms with Gasteiger partial charge in [0.2, 0.25) is 5.91 Å². The molecule has 1 aliphatic rings. The molecule has 0 bridgehead atoms. The van der Waals surface area contributed by atoms with Crippen molar-refractivity contribution < 1.29 is 9.53 Å². The highest BCUT2D eigenvalue weighted by Gasteiger charge is 2.13. The van der Waals surface area contributed by atoms with Crippen molar-refractivity contribution in [2.75, 3.05) is 25.1 Å². The molecule has 25 heavy (non-hydrogen) atoms. The van der Waals surface area contributed by atoms with Crippen LogP contribution in [0.1, 0.15) is 30.7 Å². The van der Waals surface area contributed by atoms with E-state index in [0.717, 1.165) is 30.2 Å². The van der Waals surface area contributed by atoms with Gasteiger partial charge in [-0.15, -0.1) is 0 Å². The maximum absolute atomic E-state index is 12.2. The van der Waals surface area contributed by atoms with Gasteiger partial charge in [-0.05, 0) is 31.4 Å². The molecule has 1 aliphatic heterocycles. The lowest BCUT2D eigenvalue weighted by Gasteiger charge is -2.27. The molecule has 1 aromatic carbocycles. The number of methoxy groups -OCH3 is 1. The topological polar surface area (TPSA) is 67.3 Å². The van der Waals surface area contributed by atoms with E-state index in [9.17, 15) is 4.79 Å². The summed E-state index contributed by atoms with van der Waals surface area (Å²) in [4.78, 5) is 23.3. The molecule has 3 rings (SSSR count). The second-order valence-corrected chi connectivity index (χ2v) is 6.14. The Labute approximate surface area is 148 Å². The number of anilines is 1. The van der Waals surface area contributed by atoms with E-state index in [1.807, 2.05) is 30.3 Å². The summed E-state index contributed by atoms with van der Waals surface area (Å²) in [6, 6.07) is 9.47. The van der Waals surface area contributed by atoms with E-state index in [2.05, 4.69) is 20.2 Å². The van der Waals surface area contributed by atoms with Crippen LogP contribution in [0.2, 0.25) is 0 Å². The number of carbonyl (C=O) groups is 1. The van der Waals surface area contributed by atoms with Gasteiger partial charge in [-0.25, -0.2) is 9.97 Å². The van der Waals surface area contributed by atoms with Crippen molar-refractivity contribution >= 4 is 11.7 Å². The minimum atomic E-state index is -0.0727. The summed E-state index contributed by atoms with van der Waals surface area (Å²) in [5.41, 5.74) is 0.866. The second kappa shape index (κ2) is 8.46. The zero-order valence-corrected chi connectivity index (χ0v) is 14.6. The van der Waals surface area contributed by atoms with Crippen molar-refractivity contribution in [1.82, 2.24) is 15.3 Å². The fraction of sp³-hybridized carbons (Fsp3) is 0.421. The second-order valence-electron chi connectivity index (χ2n) is 6.14. The average molecular weight is 340 g/mol. The number of piperidine rings is 1. The SMILES string of the molecule is COc1ccccc1CC(=O)NCc1nccc(N2CCCCC2)n1. The molecule has 6 nitrogen and oxygen atoms in total. The quantitative estimate of drug-likeness (QED) is 0.874. The van der Waals surface area contributed by atoms with Crippen LogP contribution in [0.25, 0.3) is 0 Å². The van der Waals surface area contributed by atoms with Gasteiger partial charge in [0.1, 0.15) is 17.4 Å². The monoisotopic (exact) mass is 340 g/mol. The van der Waals surface area contributed by atoms with Gasteiger partial charge in [0.05, 0.1) is 20.1 Å². The lowest BCUT2D eigenvalue weighted by Crippen LogP contribution is -2.31. The molecule has 1 saturated heterocycles. The number of nitrogens with one attached hydrogen (secondary N) is 1. The van der Waals surface area contributed by atoms with Gasteiger partial charge in [0.15, 0.2) is 0 Å². The van der Waals surface area contributed by atoms with Crippen molar-refractivity contribution in [3.05, 3.63) is 47.9 Å². The molecule has 132 valence electrons. The van der Waals surface area contributed by atoms with E-state index >= 15 is 0 Å². The van der Waals surface area contributed by atoms with E-state index in [0.29, 0.717) is 12.4 Å². The number of aromatic nitrogens is 2. The molecular weight excluding hydrogens is 316 g/mol. The fourth-order valence-corrected chi connectivity index (χ4v) is 3.03. The van der Waals surface area contributed by atoms with Gasteiger partial charge in [0.25, 0.3) is 0 Å². The van der Waals surface area contributed by atoms with Crippen LogP contribution in [-0.2, 0) is 17.8 Å². The molecule has 0 atom stereocenters. The van der Waals surface area contributed by atoms with Crippen molar-refractivity contribution in [2.45, 2.75) is 32.2 Å².